The van der Waals surface area contributed by atoms with Gasteiger partial charge in [0, 0.05) is 45.1 Å². The highest BCUT2D eigenvalue weighted by Crippen LogP contribution is 2.45. The fraction of sp³-hybridized carbons (Fsp3) is 0.0909. The SMILES string of the molecule is O=C1NC(c2cc(F)ccc2Cl)c2c(N(C(=O)c3cc(F)cc(C(F)(F)F)c3)C(=O)c3cc(F)cc(C(F)(F)F)c3)cc3ccncc3c21. The van der Waals surface area contributed by atoms with E-state index >= 15 is 0 Å². The molecule has 1 aromatic heterocycles. The molecule has 6 nitrogen and oxygen atoms in total. The minimum atomic E-state index is -5.19. The Hall–Kier alpha value is -5.44. The Morgan fingerprint density at radius 1 is 0.755 bits per heavy atom. The molecule has 1 aliphatic rings. The number of pyridine rings is 1. The molecule has 1 atom stereocenters. The molecule has 6 rings (SSSR count). The maximum Gasteiger partial charge on any atom is 0.416 e. The first-order valence-corrected chi connectivity index (χ1v) is 14.1. The van der Waals surface area contributed by atoms with Crippen LogP contribution in [0.5, 0.6) is 0 Å². The predicted molar refractivity (Wildman–Crippen MR) is 156 cm³/mol. The molecular formula is C33H15ClF9N3O3. The van der Waals surface area contributed by atoms with Crippen molar-refractivity contribution >= 4 is 45.8 Å². The molecule has 1 aliphatic heterocycles. The van der Waals surface area contributed by atoms with E-state index in [1.807, 2.05) is 0 Å². The molecule has 1 unspecified atom stereocenters. The monoisotopic (exact) mass is 707 g/mol. The number of hydrogen-bond acceptors (Lipinski definition) is 4. The Bertz CT molecular complexity index is 2150. The molecule has 4 aromatic carbocycles. The van der Waals surface area contributed by atoms with E-state index in [1.165, 1.54) is 18.5 Å². The molecule has 0 saturated heterocycles. The van der Waals surface area contributed by atoms with E-state index in [4.69, 9.17) is 11.6 Å². The minimum absolute atomic E-state index is 0.0659. The minimum Gasteiger partial charge on any atom is -0.341 e. The van der Waals surface area contributed by atoms with Crippen LogP contribution in [0, 0.1) is 17.5 Å². The van der Waals surface area contributed by atoms with Gasteiger partial charge in [-0.05, 0) is 72.1 Å². The quantitative estimate of drug-likeness (QED) is 0.150. The number of aromatic nitrogens is 1. The topological polar surface area (TPSA) is 79.4 Å². The smallest absolute Gasteiger partial charge is 0.341 e. The number of carbonyl (C=O) groups is 3. The molecule has 0 bridgehead atoms. The molecule has 250 valence electrons. The molecule has 5 aromatic rings. The maximum absolute atomic E-state index is 14.5. The van der Waals surface area contributed by atoms with Crippen LogP contribution in [-0.2, 0) is 12.4 Å². The van der Waals surface area contributed by atoms with Gasteiger partial charge in [-0.15, -0.1) is 0 Å². The van der Waals surface area contributed by atoms with Gasteiger partial charge in [0.1, 0.15) is 17.5 Å². The summed E-state index contributed by atoms with van der Waals surface area (Å²) in [6, 6.07) is 5.20. The van der Waals surface area contributed by atoms with Gasteiger partial charge in [0.05, 0.1) is 28.4 Å². The summed E-state index contributed by atoms with van der Waals surface area (Å²) in [4.78, 5) is 46.0. The van der Waals surface area contributed by atoms with Crippen LogP contribution in [0.2, 0.25) is 5.02 Å². The van der Waals surface area contributed by atoms with Crippen LogP contribution in [0.15, 0.2) is 79.1 Å². The number of carbonyl (C=O) groups excluding carboxylic acids is 3. The molecule has 0 radical (unpaired) electrons. The summed E-state index contributed by atoms with van der Waals surface area (Å²) in [6.07, 6.45) is -7.91. The third-order valence-electron chi connectivity index (χ3n) is 7.61. The number of halogens is 10. The fourth-order valence-corrected chi connectivity index (χ4v) is 5.75. The van der Waals surface area contributed by atoms with Crippen LogP contribution >= 0.6 is 11.6 Å². The van der Waals surface area contributed by atoms with E-state index < -0.39 is 81.5 Å². The van der Waals surface area contributed by atoms with E-state index in [9.17, 15) is 53.9 Å². The zero-order valence-corrected chi connectivity index (χ0v) is 24.7. The second-order valence-corrected chi connectivity index (χ2v) is 11.2. The normalized spacial score (nSPS) is 14.5. The van der Waals surface area contributed by atoms with Crippen LogP contribution in [0.25, 0.3) is 10.8 Å². The van der Waals surface area contributed by atoms with Crippen LogP contribution < -0.4 is 10.2 Å². The maximum atomic E-state index is 14.5. The number of nitrogens with one attached hydrogen (secondary N) is 1. The zero-order chi connectivity index (χ0) is 35.6. The van der Waals surface area contributed by atoms with Crippen LogP contribution in [0.3, 0.4) is 0 Å². The van der Waals surface area contributed by atoms with Gasteiger partial charge in [0.15, 0.2) is 0 Å². The van der Waals surface area contributed by atoms with Crippen LogP contribution in [0.4, 0.5) is 45.2 Å². The van der Waals surface area contributed by atoms with Gasteiger partial charge in [-0.25, -0.2) is 18.1 Å². The number of imide groups is 1. The second-order valence-electron chi connectivity index (χ2n) is 10.8. The van der Waals surface area contributed by atoms with Crippen molar-refractivity contribution < 1.29 is 53.9 Å². The first kappa shape index (κ1) is 33.5. The van der Waals surface area contributed by atoms with Gasteiger partial charge in [-0.1, -0.05) is 11.6 Å². The van der Waals surface area contributed by atoms with Gasteiger partial charge in [0.25, 0.3) is 17.7 Å². The van der Waals surface area contributed by atoms with Crippen molar-refractivity contribution in [1.29, 1.82) is 0 Å². The number of hydrogen-bond donors (Lipinski definition) is 1. The highest BCUT2D eigenvalue weighted by molar-refractivity contribution is 6.32. The number of nitrogens with zero attached hydrogens (tertiary/aromatic N) is 2. The lowest BCUT2D eigenvalue weighted by molar-refractivity contribution is -0.138. The summed E-state index contributed by atoms with van der Waals surface area (Å²) in [7, 11) is 0. The van der Waals surface area contributed by atoms with Crippen molar-refractivity contribution in [2.24, 2.45) is 0 Å². The molecule has 2 heterocycles. The zero-order valence-electron chi connectivity index (χ0n) is 24.0. The number of rotatable bonds is 4. The lowest BCUT2D eigenvalue weighted by Crippen LogP contribution is -2.38. The number of amides is 3. The molecule has 0 fully saturated rings. The van der Waals surface area contributed by atoms with Crippen LogP contribution in [0.1, 0.15) is 59.4 Å². The first-order valence-electron chi connectivity index (χ1n) is 13.7. The average Bonchev–Trinajstić information content (AvgIpc) is 3.38. The van der Waals surface area contributed by atoms with Crippen LogP contribution in [-0.4, -0.2) is 22.7 Å². The summed E-state index contributed by atoms with van der Waals surface area (Å²) in [5.74, 6) is -8.23. The molecule has 16 heteroatoms. The summed E-state index contributed by atoms with van der Waals surface area (Å²) < 4.78 is 126. The lowest BCUT2D eigenvalue weighted by atomic mass is 9.92. The number of anilines is 1. The molecule has 1 N–H and O–H groups in total. The highest BCUT2D eigenvalue weighted by atomic mass is 35.5. The standard InChI is InChI=1S/C33H15ClF9N3O3/c34-24-2-1-19(35)12-22(24)28-27-25(9-14-3-4-44-13-23(14)26(27)29(47)45-28)46(30(48)15-5-17(32(38,39)40)10-20(36)7-15)31(49)16-6-18(33(41,42)43)11-21(37)8-16/h1-13,28H,(H,45,47). The number of benzene rings is 4. The van der Waals surface area contributed by atoms with Crippen molar-refractivity contribution in [3.05, 3.63) is 141 Å². The molecule has 0 saturated carbocycles. The highest BCUT2D eigenvalue weighted by Gasteiger charge is 2.41. The van der Waals surface area contributed by atoms with Crippen molar-refractivity contribution in [3.8, 4) is 0 Å². The Morgan fingerprint density at radius 2 is 1.33 bits per heavy atom. The number of alkyl halides is 6. The van der Waals surface area contributed by atoms with E-state index in [1.54, 1.807) is 0 Å². The van der Waals surface area contributed by atoms with Gasteiger partial charge < -0.3 is 5.32 Å². The average molecular weight is 708 g/mol. The second kappa shape index (κ2) is 11.9. The molecule has 3 amide bonds. The molecular weight excluding hydrogens is 693 g/mol. The van der Waals surface area contributed by atoms with E-state index in [0.717, 1.165) is 24.3 Å². The Morgan fingerprint density at radius 3 is 1.88 bits per heavy atom. The summed E-state index contributed by atoms with van der Waals surface area (Å²) >= 11 is 6.34. The van der Waals surface area contributed by atoms with Gasteiger partial charge in [-0.3, -0.25) is 19.4 Å². The van der Waals surface area contributed by atoms with E-state index in [0.29, 0.717) is 12.1 Å². The Balaban J connectivity index is 1.69. The Labute approximate surface area is 273 Å². The first-order chi connectivity index (χ1) is 22.9. The van der Waals surface area contributed by atoms with Crippen molar-refractivity contribution in [1.82, 2.24) is 10.3 Å². The Kier molecular flexibility index (Phi) is 8.13. The van der Waals surface area contributed by atoms with Crippen molar-refractivity contribution in [2.75, 3.05) is 4.90 Å². The summed E-state index contributed by atoms with van der Waals surface area (Å²) in [6.45, 7) is 0. The third-order valence-corrected chi connectivity index (χ3v) is 7.96. The van der Waals surface area contributed by atoms with Gasteiger partial charge >= 0.3 is 12.4 Å². The van der Waals surface area contributed by atoms with Crippen molar-refractivity contribution in [3.63, 3.8) is 0 Å². The fourth-order valence-electron chi connectivity index (χ4n) is 5.53. The molecule has 0 spiro atoms. The van der Waals surface area contributed by atoms with Gasteiger partial charge in [-0.2, -0.15) is 26.3 Å². The number of fused-ring (bicyclic) bond motifs is 3. The predicted octanol–water partition coefficient (Wildman–Crippen LogP) is 8.66. The van der Waals surface area contributed by atoms with Gasteiger partial charge in [0.2, 0.25) is 0 Å². The van der Waals surface area contributed by atoms with E-state index in [-0.39, 0.29) is 61.7 Å². The molecule has 49 heavy (non-hydrogen) atoms. The largest absolute Gasteiger partial charge is 0.416 e. The van der Waals surface area contributed by atoms with E-state index in [2.05, 4.69) is 10.3 Å². The summed E-state index contributed by atoms with van der Waals surface area (Å²) in [5, 5.41) is 2.63. The third kappa shape index (κ3) is 6.17. The molecule has 0 aliphatic carbocycles. The van der Waals surface area contributed by atoms with Crippen molar-refractivity contribution in [2.45, 2.75) is 18.4 Å². The summed E-state index contributed by atoms with van der Waals surface area (Å²) in [5.41, 5.74) is -6.75. The lowest BCUT2D eigenvalue weighted by Gasteiger charge is -2.27.